The van der Waals surface area contributed by atoms with Crippen LogP contribution >= 0.6 is 0 Å². The number of hydrogen-bond acceptors (Lipinski definition) is 3. The number of aromatic nitrogens is 1. The predicted molar refractivity (Wildman–Crippen MR) is 101 cm³/mol. The number of nitrogens with zero attached hydrogens (tertiary/aromatic N) is 2. The number of pyridine rings is 1. The second-order valence-electron chi connectivity index (χ2n) is 7.64. The number of amides is 1. The van der Waals surface area contributed by atoms with Gasteiger partial charge in [-0.2, -0.15) is 13.2 Å². The number of rotatable bonds is 4. The highest BCUT2D eigenvalue weighted by atomic mass is 19.4. The highest BCUT2D eigenvalue weighted by Crippen LogP contribution is 2.42. The zero-order valence-corrected chi connectivity index (χ0v) is 15.6. The Bertz CT molecular complexity index is 875. The summed E-state index contributed by atoms with van der Waals surface area (Å²) in [5.41, 5.74) is 3.01. The molecule has 1 unspecified atom stereocenters. The molecule has 2 aromatic rings. The number of nitrogens with one attached hydrogen (secondary N) is 1. The van der Waals surface area contributed by atoms with E-state index in [1.807, 2.05) is 17.0 Å². The first-order chi connectivity index (χ1) is 13.3. The smallest absolute Gasteiger partial charge is 0.356 e. The summed E-state index contributed by atoms with van der Waals surface area (Å²) in [6.45, 7) is 2.61. The molecule has 2 aliphatic rings. The Kier molecular flexibility index (Phi) is 4.77. The van der Waals surface area contributed by atoms with Crippen LogP contribution in [0.25, 0.3) is 0 Å². The van der Waals surface area contributed by atoms with Crippen LogP contribution in [-0.4, -0.2) is 24.0 Å². The average molecular weight is 389 g/mol. The van der Waals surface area contributed by atoms with E-state index in [0.717, 1.165) is 48.5 Å². The molecule has 1 atom stereocenters. The molecule has 0 radical (unpaired) electrons. The molecular weight excluding hydrogens is 367 g/mol. The molecule has 1 aromatic carbocycles. The third-order valence-corrected chi connectivity index (χ3v) is 5.33. The van der Waals surface area contributed by atoms with Gasteiger partial charge in [0.05, 0.1) is 16.9 Å². The van der Waals surface area contributed by atoms with Gasteiger partial charge in [-0.05, 0) is 61.6 Å². The van der Waals surface area contributed by atoms with Gasteiger partial charge in [0.1, 0.15) is 0 Å². The standard InChI is InChI=1S/C21H22F3N3O/c1-13(28)25-11-14-10-19-20(9-8-18(26-19)15-2-3-15)27(12-14)17-6-4-16(5-7-17)21(22,23)24/h4-9,14-15H,2-3,10-12H2,1H3,(H,25,28). The molecule has 0 saturated heterocycles. The molecule has 4 rings (SSSR count). The van der Waals surface area contributed by atoms with Crippen LogP contribution in [0.2, 0.25) is 0 Å². The minimum absolute atomic E-state index is 0.0911. The average Bonchev–Trinajstić information content (AvgIpc) is 3.50. The number of hydrogen-bond donors (Lipinski definition) is 1. The van der Waals surface area contributed by atoms with Gasteiger partial charge in [-0.25, -0.2) is 0 Å². The highest BCUT2D eigenvalue weighted by molar-refractivity contribution is 5.73. The Morgan fingerprint density at radius 1 is 1.18 bits per heavy atom. The largest absolute Gasteiger partial charge is 0.416 e. The third kappa shape index (κ3) is 3.98. The summed E-state index contributed by atoms with van der Waals surface area (Å²) in [6.07, 6.45) is -1.30. The SMILES string of the molecule is CC(=O)NCC1Cc2nc(C3CC3)ccc2N(c2ccc(C(F)(F)F)cc2)C1. The van der Waals surface area contributed by atoms with Crippen LogP contribution in [0.5, 0.6) is 0 Å². The van der Waals surface area contributed by atoms with Crippen LogP contribution in [0, 0.1) is 5.92 Å². The van der Waals surface area contributed by atoms with E-state index >= 15 is 0 Å². The van der Waals surface area contributed by atoms with Crippen molar-refractivity contribution in [1.82, 2.24) is 10.3 Å². The van der Waals surface area contributed by atoms with Gasteiger partial charge in [0.15, 0.2) is 0 Å². The number of benzene rings is 1. The van der Waals surface area contributed by atoms with Gasteiger partial charge < -0.3 is 10.2 Å². The molecule has 1 saturated carbocycles. The van der Waals surface area contributed by atoms with Crippen molar-refractivity contribution < 1.29 is 18.0 Å². The second kappa shape index (κ2) is 7.11. The third-order valence-electron chi connectivity index (χ3n) is 5.33. The molecule has 28 heavy (non-hydrogen) atoms. The monoisotopic (exact) mass is 389 g/mol. The van der Waals surface area contributed by atoms with Crippen LogP contribution in [-0.2, 0) is 17.4 Å². The maximum Gasteiger partial charge on any atom is 0.416 e. The summed E-state index contributed by atoms with van der Waals surface area (Å²) >= 11 is 0. The predicted octanol–water partition coefficient (Wildman–Crippen LogP) is 4.42. The van der Waals surface area contributed by atoms with E-state index in [-0.39, 0.29) is 11.8 Å². The molecule has 148 valence electrons. The molecule has 7 heteroatoms. The maximum atomic E-state index is 12.9. The van der Waals surface area contributed by atoms with Crippen molar-refractivity contribution in [2.45, 2.75) is 38.3 Å². The zero-order chi connectivity index (χ0) is 19.9. The first-order valence-corrected chi connectivity index (χ1v) is 9.50. The summed E-state index contributed by atoms with van der Waals surface area (Å²) in [4.78, 5) is 18.2. The van der Waals surface area contributed by atoms with Crippen LogP contribution in [0.1, 0.15) is 42.6 Å². The lowest BCUT2D eigenvalue weighted by Crippen LogP contribution is -2.39. The van der Waals surface area contributed by atoms with Crippen LogP contribution < -0.4 is 10.2 Å². The van der Waals surface area contributed by atoms with Crippen LogP contribution in [0.4, 0.5) is 24.5 Å². The topological polar surface area (TPSA) is 45.2 Å². The summed E-state index contributed by atoms with van der Waals surface area (Å²) in [5.74, 6) is 0.577. The normalized spacial score (nSPS) is 19.3. The highest BCUT2D eigenvalue weighted by Gasteiger charge is 2.32. The van der Waals surface area contributed by atoms with Crippen molar-refractivity contribution in [2.75, 3.05) is 18.0 Å². The van der Waals surface area contributed by atoms with Crippen molar-refractivity contribution in [1.29, 1.82) is 0 Å². The Labute approximate surface area is 161 Å². The summed E-state index contributed by atoms with van der Waals surface area (Å²) in [6, 6.07) is 9.28. The van der Waals surface area contributed by atoms with Crippen LogP contribution in [0.15, 0.2) is 36.4 Å². The molecule has 1 aromatic heterocycles. The lowest BCUT2D eigenvalue weighted by Gasteiger charge is -2.36. The quantitative estimate of drug-likeness (QED) is 0.842. The lowest BCUT2D eigenvalue weighted by atomic mass is 9.94. The number of halogens is 3. The van der Waals surface area contributed by atoms with E-state index < -0.39 is 11.7 Å². The molecule has 1 fully saturated rings. The van der Waals surface area contributed by atoms with Gasteiger partial charge in [-0.15, -0.1) is 0 Å². The van der Waals surface area contributed by atoms with E-state index in [9.17, 15) is 18.0 Å². The van der Waals surface area contributed by atoms with E-state index in [1.165, 1.54) is 19.1 Å². The summed E-state index contributed by atoms with van der Waals surface area (Å²) in [7, 11) is 0. The van der Waals surface area contributed by atoms with E-state index in [1.54, 1.807) is 0 Å². The minimum Gasteiger partial charge on any atom is -0.356 e. The number of carbonyl (C=O) groups excluding carboxylic acids is 1. The fourth-order valence-corrected chi connectivity index (χ4v) is 3.71. The van der Waals surface area contributed by atoms with E-state index in [4.69, 9.17) is 4.98 Å². The molecule has 0 bridgehead atoms. The van der Waals surface area contributed by atoms with Gasteiger partial charge in [0.2, 0.25) is 5.91 Å². The van der Waals surface area contributed by atoms with Crippen molar-refractivity contribution >= 4 is 17.3 Å². The molecule has 1 aliphatic heterocycles. The summed E-state index contributed by atoms with van der Waals surface area (Å²) in [5, 5.41) is 2.85. The summed E-state index contributed by atoms with van der Waals surface area (Å²) < 4.78 is 38.7. The number of anilines is 2. The van der Waals surface area contributed by atoms with E-state index in [0.29, 0.717) is 24.7 Å². The molecule has 0 spiro atoms. The number of alkyl halides is 3. The first-order valence-electron chi connectivity index (χ1n) is 9.50. The fraction of sp³-hybridized carbons (Fsp3) is 0.429. The minimum atomic E-state index is -4.35. The lowest BCUT2D eigenvalue weighted by molar-refractivity contribution is -0.137. The Hall–Kier alpha value is -2.57. The molecule has 1 N–H and O–H groups in total. The van der Waals surface area contributed by atoms with Crippen LogP contribution in [0.3, 0.4) is 0 Å². The van der Waals surface area contributed by atoms with Crippen molar-refractivity contribution in [3.05, 3.63) is 53.3 Å². The number of fused-ring (bicyclic) bond motifs is 1. The maximum absolute atomic E-state index is 12.9. The molecule has 2 heterocycles. The Balaban J connectivity index is 1.65. The Morgan fingerprint density at radius 2 is 1.89 bits per heavy atom. The Morgan fingerprint density at radius 3 is 2.50 bits per heavy atom. The number of carbonyl (C=O) groups is 1. The molecule has 4 nitrogen and oxygen atoms in total. The van der Waals surface area contributed by atoms with Crippen molar-refractivity contribution in [3.8, 4) is 0 Å². The van der Waals surface area contributed by atoms with Gasteiger partial charge in [0.25, 0.3) is 0 Å². The molecular formula is C21H22F3N3O. The molecule has 1 amide bonds. The fourth-order valence-electron chi connectivity index (χ4n) is 3.71. The first kappa shape index (κ1) is 18.8. The second-order valence-corrected chi connectivity index (χ2v) is 7.64. The van der Waals surface area contributed by atoms with Gasteiger partial charge in [-0.1, -0.05) is 0 Å². The van der Waals surface area contributed by atoms with Crippen molar-refractivity contribution in [3.63, 3.8) is 0 Å². The molecule has 1 aliphatic carbocycles. The zero-order valence-electron chi connectivity index (χ0n) is 15.6. The van der Waals surface area contributed by atoms with Gasteiger partial charge in [-0.3, -0.25) is 9.78 Å². The van der Waals surface area contributed by atoms with Gasteiger partial charge >= 0.3 is 6.18 Å². The van der Waals surface area contributed by atoms with Crippen molar-refractivity contribution in [2.24, 2.45) is 5.92 Å². The van der Waals surface area contributed by atoms with E-state index in [2.05, 4.69) is 5.32 Å². The van der Waals surface area contributed by atoms with Gasteiger partial charge in [0, 0.05) is 37.3 Å².